The van der Waals surface area contributed by atoms with Gasteiger partial charge in [0, 0.05) is 27.5 Å². The lowest BCUT2D eigenvalue weighted by molar-refractivity contribution is 0.669. The Balaban J connectivity index is 1.04. The van der Waals surface area contributed by atoms with E-state index in [0.29, 0.717) is 17.5 Å². The smallest absolute Gasteiger partial charge is 0.164 e. The first-order valence-corrected chi connectivity index (χ1v) is 17.8. The lowest BCUT2D eigenvalue weighted by Gasteiger charge is -2.10. The van der Waals surface area contributed by atoms with E-state index in [9.17, 15) is 0 Å². The summed E-state index contributed by atoms with van der Waals surface area (Å²) >= 11 is 0. The molecule has 248 valence electrons. The molecule has 4 nitrogen and oxygen atoms in total. The molecule has 0 bridgehead atoms. The molecule has 0 spiro atoms. The number of fused-ring (bicyclic) bond motifs is 4. The minimum Gasteiger partial charge on any atom is -0.456 e. The molecule has 0 aliphatic heterocycles. The molecule has 8 aromatic carbocycles. The van der Waals surface area contributed by atoms with E-state index in [1.807, 2.05) is 42.5 Å². The van der Waals surface area contributed by atoms with Crippen molar-refractivity contribution in [2.45, 2.75) is 0 Å². The van der Waals surface area contributed by atoms with E-state index in [-0.39, 0.29) is 0 Å². The highest BCUT2D eigenvalue weighted by Gasteiger charge is 2.16. The summed E-state index contributed by atoms with van der Waals surface area (Å²) in [5, 5.41) is 4.66. The number of hydrogen-bond acceptors (Lipinski definition) is 4. The van der Waals surface area contributed by atoms with Gasteiger partial charge in [-0.25, -0.2) is 15.0 Å². The van der Waals surface area contributed by atoms with Crippen LogP contribution in [0.25, 0.3) is 100 Å². The van der Waals surface area contributed by atoms with Gasteiger partial charge in [0.1, 0.15) is 11.2 Å². The Hall–Kier alpha value is -7.17. The van der Waals surface area contributed by atoms with Crippen LogP contribution in [-0.4, -0.2) is 15.0 Å². The van der Waals surface area contributed by atoms with Crippen LogP contribution >= 0.6 is 0 Å². The molecule has 4 heteroatoms. The third-order valence-corrected chi connectivity index (χ3v) is 9.93. The number of aromatic nitrogens is 3. The minimum absolute atomic E-state index is 0.625. The largest absolute Gasteiger partial charge is 0.456 e. The molecule has 0 saturated carbocycles. The molecule has 0 unspecified atom stereocenters. The number of benzene rings is 8. The van der Waals surface area contributed by atoms with E-state index >= 15 is 0 Å². The predicted molar refractivity (Wildman–Crippen MR) is 217 cm³/mol. The summed E-state index contributed by atoms with van der Waals surface area (Å²) < 4.78 is 6.30. The van der Waals surface area contributed by atoms with Gasteiger partial charge in [-0.15, -0.1) is 0 Å². The first kappa shape index (κ1) is 30.6. The van der Waals surface area contributed by atoms with Gasteiger partial charge in [0.2, 0.25) is 0 Å². The summed E-state index contributed by atoms with van der Waals surface area (Å²) in [6, 6.07) is 65.2. The summed E-state index contributed by atoms with van der Waals surface area (Å²) in [5.41, 5.74) is 11.4. The van der Waals surface area contributed by atoms with Gasteiger partial charge >= 0.3 is 0 Å². The predicted octanol–water partition coefficient (Wildman–Crippen LogP) is 12.9. The summed E-state index contributed by atoms with van der Waals surface area (Å²) in [7, 11) is 0. The average molecular weight is 678 g/mol. The van der Waals surface area contributed by atoms with Crippen molar-refractivity contribution in [2.24, 2.45) is 0 Å². The van der Waals surface area contributed by atoms with Crippen molar-refractivity contribution in [2.75, 3.05) is 0 Å². The van der Waals surface area contributed by atoms with Gasteiger partial charge in [-0.05, 0) is 74.5 Å². The Bertz CT molecular complexity index is 2930. The van der Waals surface area contributed by atoms with Crippen LogP contribution in [0, 0.1) is 0 Å². The van der Waals surface area contributed by atoms with E-state index in [1.54, 1.807) is 0 Å². The van der Waals surface area contributed by atoms with Crippen LogP contribution in [-0.2, 0) is 0 Å². The number of furan rings is 1. The van der Waals surface area contributed by atoms with Crippen LogP contribution in [0.2, 0.25) is 0 Å². The molecule has 0 aliphatic rings. The highest BCUT2D eigenvalue weighted by Crippen LogP contribution is 2.39. The second-order valence-electron chi connectivity index (χ2n) is 13.3. The monoisotopic (exact) mass is 677 g/mol. The van der Waals surface area contributed by atoms with Gasteiger partial charge < -0.3 is 4.42 Å². The Morgan fingerprint density at radius 3 is 1.60 bits per heavy atom. The van der Waals surface area contributed by atoms with E-state index in [4.69, 9.17) is 19.4 Å². The lowest BCUT2D eigenvalue weighted by Crippen LogP contribution is -2.00. The molecular formula is C49H31N3O. The lowest BCUT2D eigenvalue weighted by atomic mass is 9.97. The topological polar surface area (TPSA) is 51.8 Å². The highest BCUT2D eigenvalue weighted by atomic mass is 16.3. The van der Waals surface area contributed by atoms with Gasteiger partial charge in [0.05, 0.1) is 0 Å². The van der Waals surface area contributed by atoms with E-state index in [1.165, 1.54) is 16.3 Å². The minimum atomic E-state index is 0.625. The average Bonchev–Trinajstić information content (AvgIpc) is 3.62. The molecule has 0 atom stereocenters. The van der Waals surface area contributed by atoms with Gasteiger partial charge in [0.25, 0.3) is 0 Å². The normalized spacial score (nSPS) is 11.4. The van der Waals surface area contributed by atoms with E-state index in [2.05, 4.69) is 146 Å². The van der Waals surface area contributed by atoms with Crippen LogP contribution in [0.3, 0.4) is 0 Å². The first-order valence-electron chi connectivity index (χ1n) is 17.8. The zero-order valence-corrected chi connectivity index (χ0v) is 28.6. The van der Waals surface area contributed by atoms with Crippen molar-refractivity contribution in [3.05, 3.63) is 188 Å². The molecule has 0 fully saturated rings. The van der Waals surface area contributed by atoms with Gasteiger partial charge in [-0.3, -0.25) is 0 Å². The Morgan fingerprint density at radius 1 is 0.302 bits per heavy atom. The van der Waals surface area contributed by atoms with Crippen LogP contribution < -0.4 is 0 Å². The molecule has 2 aromatic heterocycles. The third kappa shape index (κ3) is 5.73. The maximum absolute atomic E-state index is 6.30. The zero-order chi connectivity index (χ0) is 35.1. The van der Waals surface area contributed by atoms with Crippen molar-refractivity contribution in [3.63, 3.8) is 0 Å². The molecule has 2 heterocycles. The van der Waals surface area contributed by atoms with Crippen LogP contribution in [0.4, 0.5) is 0 Å². The van der Waals surface area contributed by atoms with Crippen molar-refractivity contribution >= 4 is 32.7 Å². The number of rotatable bonds is 6. The molecule has 10 rings (SSSR count). The fraction of sp³-hybridized carbons (Fsp3) is 0. The Morgan fingerprint density at radius 2 is 0.830 bits per heavy atom. The molecule has 0 aliphatic carbocycles. The standard InChI is InChI=1S/C49H31N3O/c1-3-12-34(13-4-1)42-19-10-20-45-46(42)43-31-40(27-28-44(43)53-45)33-21-24-36(25-22-33)48-50-47(35-14-5-2-6-15-35)51-49(52-48)41-18-9-17-38(30-41)39-26-23-32-11-7-8-16-37(32)29-39/h1-31H. The first-order chi connectivity index (χ1) is 26.2. The van der Waals surface area contributed by atoms with Crippen molar-refractivity contribution in [3.8, 4) is 67.5 Å². The SMILES string of the molecule is c1ccc(-c2nc(-c3ccc(-c4ccc5oc6cccc(-c7ccccc7)c6c5c4)cc3)nc(-c3cccc(-c4ccc5ccccc5c4)c3)n2)cc1. The molecule has 0 saturated heterocycles. The van der Waals surface area contributed by atoms with Gasteiger partial charge in [-0.2, -0.15) is 0 Å². The Labute approximate surface area is 306 Å². The van der Waals surface area contributed by atoms with Gasteiger partial charge in [-0.1, -0.05) is 158 Å². The third-order valence-electron chi connectivity index (χ3n) is 9.93. The molecular weight excluding hydrogens is 647 g/mol. The summed E-state index contributed by atoms with van der Waals surface area (Å²) in [4.78, 5) is 15.0. The van der Waals surface area contributed by atoms with E-state index < -0.39 is 0 Å². The van der Waals surface area contributed by atoms with Crippen molar-refractivity contribution < 1.29 is 4.42 Å². The zero-order valence-electron chi connectivity index (χ0n) is 28.6. The molecule has 0 amide bonds. The second-order valence-corrected chi connectivity index (χ2v) is 13.3. The van der Waals surface area contributed by atoms with Gasteiger partial charge in [0.15, 0.2) is 17.5 Å². The molecule has 0 radical (unpaired) electrons. The Kier molecular flexibility index (Phi) is 7.43. The van der Waals surface area contributed by atoms with Crippen LogP contribution in [0.1, 0.15) is 0 Å². The summed E-state index contributed by atoms with van der Waals surface area (Å²) in [5.74, 6) is 1.89. The highest BCUT2D eigenvalue weighted by molar-refractivity contribution is 6.13. The fourth-order valence-electron chi connectivity index (χ4n) is 7.23. The molecule has 10 aromatic rings. The number of nitrogens with zero attached hydrogens (tertiary/aromatic N) is 3. The second kappa shape index (κ2) is 12.9. The maximum Gasteiger partial charge on any atom is 0.164 e. The quantitative estimate of drug-likeness (QED) is 0.176. The molecule has 0 N–H and O–H groups in total. The van der Waals surface area contributed by atoms with Crippen molar-refractivity contribution in [1.82, 2.24) is 15.0 Å². The number of hydrogen-bond donors (Lipinski definition) is 0. The van der Waals surface area contributed by atoms with Crippen molar-refractivity contribution in [1.29, 1.82) is 0 Å². The maximum atomic E-state index is 6.30. The van der Waals surface area contributed by atoms with Crippen LogP contribution in [0.5, 0.6) is 0 Å². The fourth-order valence-corrected chi connectivity index (χ4v) is 7.23. The van der Waals surface area contributed by atoms with Crippen LogP contribution in [0.15, 0.2) is 192 Å². The summed E-state index contributed by atoms with van der Waals surface area (Å²) in [6.45, 7) is 0. The summed E-state index contributed by atoms with van der Waals surface area (Å²) in [6.07, 6.45) is 0. The molecule has 53 heavy (non-hydrogen) atoms. The van der Waals surface area contributed by atoms with E-state index in [0.717, 1.165) is 66.4 Å².